The first kappa shape index (κ1) is 29.6. The number of H-pyrrole nitrogens is 1. The summed E-state index contributed by atoms with van der Waals surface area (Å²) in [5.41, 5.74) is 6.95. The van der Waals surface area contributed by atoms with Crippen LogP contribution in [0.1, 0.15) is 25.0 Å². The second kappa shape index (κ2) is 11.7. The first-order valence-electron chi connectivity index (χ1n) is 14.9. The zero-order chi connectivity index (χ0) is 31.3. The zero-order valence-electron chi connectivity index (χ0n) is 25.0. The van der Waals surface area contributed by atoms with Gasteiger partial charge in [-0.05, 0) is 55.5 Å². The van der Waals surface area contributed by atoms with Gasteiger partial charge < -0.3 is 29.4 Å². The number of pyridine rings is 1. The SMILES string of the molecule is C=NCc1c(O[C@@H]2COC3C2OC[C@H]3O)[nH]c2cc(Cl)c(-c3ccc(-c4ccc(-n5cc(CC(C)(C)O)cn5)cc4)cc3)nc12. The lowest BCUT2D eigenvalue weighted by Gasteiger charge is -2.17. The van der Waals surface area contributed by atoms with E-state index in [4.69, 9.17) is 30.8 Å². The summed E-state index contributed by atoms with van der Waals surface area (Å²) >= 11 is 6.76. The van der Waals surface area contributed by atoms with Crippen molar-refractivity contribution < 1.29 is 24.4 Å². The second-order valence-corrected chi connectivity index (χ2v) is 12.7. The van der Waals surface area contributed by atoms with Crippen molar-refractivity contribution in [3.05, 3.63) is 83.1 Å². The molecule has 2 aromatic carbocycles. The number of nitrogens with one attached hydrogen (secondary N) is 1. The van der Waals surface area contributed by atoms with Crippen molar-refractivity contribution in [2.75, 3.05) is 13.2 Å². The molecular formula is C34H34ClN5O5. The molecule has 3 aromatic heterocycles. The summed E-state index contributed by atoms with van der Waals surface area (Å²) in [6, 6.07) is 18.1. The van der Waals surface area contributed by atoms with Gasteiger partial charge in [-0.25, -0.2) is 9.67 Å². The maximum absolute atomic E-state index is 10.1. The van der Waals surface area contributed by atoms with E-state index in [2.05, 4.69) is 33.9 Å². The van der Waals surface area contributed by atoms with Crippen LogP contribution in [0, 0.1) is 0 Å². The summed E-state index contributed by atoms with van der Waals surface area (Å²) in [5, 5.41) is 25.2. The number of hydrogen-bond acceptors (Lipinski definition) is 8. The molecule has 0 aliphatic carbocycles. The largest absolute Gasteiger partial charge is 0.470 e. The number of nitrogens with zero attached hydrogens (tertiary/aromatic N) is 4. The van der Waals surface area contributed by atoms with Crippen LogP contribution in [0.25, 0.3) is 39.1 Å². The molecule has 3 N–H and O–H groups in total. The molecule has 0 radical (unpaired) electrons. The van der Waals surface area contributed by atoms with Gasteiger partial charge in [0.1, 0.15) is 18.3 Å². The third kappa shape index (κ3) is 5.87. The zero-order valence-corrected chi connectivity index (χ0v) is 25.7. The highest BCUT2D eigenvalue weighted by molar-refractivity contribution is 6.33. The minimum absolute atomic E-state index is 0.227. The number of aliphatic imine (C=N–C) groups is 1. The van der Waals surface area contributed by atoms with Gasteiger partial charge in [0.05, 0.1) is 64.6 Å². The minimum atomic E-state index is -0.786. The van der Waals surface area contributed by atoms with E-state index in [-0.39, 0.29) is 18.8 Å². The minimum Gasteiger partial charge on any atom is -0.470 e. The summed E-state index contributed by atoms with van der Waals surface area (Å²) in [7, 11) is 0. The Morgan fingerprint density at radius 3 is 2.47 bits per heavy atom. The number of aromatic nitrogens is 4. The van der Waals surface area contributed by atoms with Gasteiger partial charge in [-0.3, -0.25) is 4.99 Å². The van der Waals surface area contributed by atoms with E-state index < -0.39 is 17.8 Å². The molecule has 2 unspecified atom stereocenters. The molecule has 0 bridgehead atoms. The molecule has 45 heavy (non-hydrogen) atoms. The van der Waals surface area contributed by atoms with E-state index in [9.17, 15) is 10.2 Å². The van der Waals surface area contributed by atoms with Gasteiger partial charge in [-0.2, -0.15) is 5.10 Å². The van der Waals surface area contributed by atoms with Crippen LogP contribution in [0.3, 0.4) is 0 Å². The highest BCUT2D eigenvalue weighted by atomic mass is 35.5. The summed E-state index contributed by atoms with van der Waals surface area (Å²) < 4.78 is 19.6. The molecule has 4 atom stereocenters. The average Bonchev–Trinajstić information content (AvgIpc) is 3.79. The summed E-state index contributed by atoms with van der Waals surface area (Å²) in [6.07, 6.45) is 2.49. The lowest BCUT2D eigenvalue weighted by Crippen LogP contribution is -2.34. The number of hydrogen-bond donors (Lipinski definition) is 3. The van der Waals surface area contributed by atoms with Gasteiger partial charge >= 0.3 is 0 Å². The molecule has 2 aliphatic rings. The molecule has 2 fully saturated rings. The van der Waals surface area contributed by atoms with Crippen LogP contribution in [0.2, 0.25) is 5.02 Å². The lowest BCUT2D eigenvalue weighted by molar-refractivity contribution is 0.00777. The van der Waals surface area contributed by atoms with E-state index in [0.29, 0.717) is 41.7 Å². The topological polar surface area (TPSA) is 127 Å². The van der Waals surface area contributed by atoms with Crippen LogP contribution < -0.4 is 4.74 Å². The normalized spacial score (nSPS) is 21.4. The van der Waals surface area contributed by atoms with E-state index in [0.717, 1.165) is 39.0 Å². The molecule has 10 nitrogen and oxygen atoms in total. The quantitative estimate of drug-likeness (QED) is 0.193. The molecule has 232 valence electrons. The van der Waals surface area contributed by atoms with Crippen LogP contribution in [0.4, 0.5) is 0 Å². The predicted octanol–water partition coefficient (Wildman–Crippen LogP) is 5.16. The Bertz CT molecular complexity index is 1840. The molecule has 0 saturated carbocycles. The third-order valence-electron chi connectivity index (χ3n) is 8.20. The molecule has 5 heterocycles. The highest BCUT2D eigenvalue weighted by Crippen LogP contribution is 2.37. The van der Waals surface area contributed by atoms with Crippen molar-refractivity contribution in [2.45, 2.75) is 56.8 Å². The van der Waals surface area contributed by atoms with Gasteiger partial charge in [0.15, 0.2) is 12.0 Å². The summed E-state index contributed by atoms with van der Waals surface area (Å²) in [6.45, 7) is 8.09. The van der Waals surface area contributed by atoms with Crippen molar-refractivity contribution in [1.29, 1.82) is 0 Å². The number of halogens is 1. The Balaban J connectivity index is 1.12. The van der Waals surface area contributed by atoms with Crippen LogP contribution in [0.5, 0.6) is 5.88 Å². The van der Waals surface area contributed by atoms with Crippen molar-refractivity contribution in [1.82, 2.24) is 19.7 Å². The van der Waals surface area contributed by atoms with Gasteiger partial charge in [0, 0.05) is 18.2 Å². The van der Waals surface area contributed by atoms with Crippen molar-refractivity contribution >= 4 is 29.4 Å². The fourth-order valence-electron chi connectivity index (χ4n) is 6.10. The van der Waals surface area contributed by atoms with Crippen molar-refractivity contribution in [3.8, 4) is 34.0 Å². The number of benzene rings is 2. The first-order chi connectivity index (χ1) is 21.7. The molecule has 11 heteroatoms. The molecule has 7 rings (SSSR count). The van der Waals surface area contributed by atoms with E-state index in [1.807, 2.05) is 53.3 Å². The van der Waals surface area contributed by atoms with Crippen LogP contribution in [-0.2, 0) is 22.4 Å². The van der Waals surface area contributed by atoms with Crippen molar-refractivity contribution in [3.63, 3.8) is 0 Å². The molecule has 2 aliphatic heterocycles. The lowest BCUT2D eigenvalue weighted by atomic mass is 10.0. The Kier molecular flexibility index (Phi) is 7.71. The van der Waals surface area contributed by atoms with E-state index in [1.54, 1.807) is 20.0 Å². The fourth-order valence-corrected chi connectivity index (χ4v) is 6.36. The highest BCUT2D eigenvalue weighted by Gasteiger charge is 2.48. The third-order valence-corrected chi connectivity index (χ3v) is 8.49. The standard InChI is InChI=1S/C34H34ClN5O5/c1-34(2,42)13-19-14-37-40(16-19)23-10-8-21(9-11-23)20-4-6-22(7-5-20)29-25(35)12-26-30(39-29)24(15-36-3)33(38-26)45-28-18-44-31-27(41)17-43-32(28)31/h4-12,14,16,27-28,31-32,38,41-42H,3,13,15,17-18H2,1-2H3/t27-,28-,31?,32?/m1/s1. The van der Waals surface area contributed by atoms with Crippen LogP contribution in [-0.4, -0.2) is 79.9 Å². The maximum atomic E-state index is 10.1. The molecular weight excluding hydrogens is 594 g/mol. The van der Waals surface area contributed by atoms with Gasteiger partial charge in [-0.15, -0.1) is 0 Å². The molecule has 5 aromatic rings. The molecule has 0 spiro atoms. The first-order valence-corrected chi connectivity index (χ1v) is 15.2. The number of fused-ring (bicyclic) bond motifs is 2. The Morgan fingerprint density at radius 2 is 1.76 bits per heavy atom. The Morgan fingerprint density at radius 1 is 1.07 bits per heavy atom. The number of aliphatic hydroxyl groups excluding tert-OH is 1. The fraction of sp³-hybridized carbons (Fsp3) is 0.324. The van der Waals surface area contributed by atoms with Gasteiger partial charge in [0.2, 0.25) is 0 Å². The monoisotopic (exact) mass is 627 g/mol. The molecule has 0 amide bonds. The smallest absolute Gasteiger partial charge is 0.199 e. The van der Waals surface area contributed by atoms with Gasteiger partial charge in [0.25, 0.3) is 0 Å². The maximum Gasteiger partial charge on any atom is 0.199 e. The Hall–Kier alpha value is -4.06. The van der Waals surface area contributed by atoms with Crippen LogP contribution in [0.15, 0.2) is 72.0 Å². The van der Waals surface area contributed by atoms with Crippen LogP contribution >= 0.6 is 11.6 Å². The number of aromatic amines is 1. The number of aliphatic hydroxyl groups is 2. The average molecular weight is 628 g/mol. The molecule has 2 saturated heterocycles. The van der Waals surface area contributed by atoms with Gasteiger partial charge in [-0.1, -0.05) is 48.0 Å². The van der Waals surface area contributed by atoms with Crippen molar-refractivity contribution in [2.24, 2.45) is 4.99 Å². The predicted molar refractivity (Wildman–Crippen MR) is 172 cm³/mol. The number of rotatable bonds is 9. The van der Waals surface area contributed by atoms with E-state index in [1.165, 1.54) is 0 Å². The number of ether oxygens (including phenoxy) is 3. The summed E-state index contributed by atoms with van der Waals surface area (Å²) in [5.74, 6) is 0.514. The second-order valence-electron chi connectivity index (χ2n) is 12.3. The Labute approximate surface area is 265 Å². The summed E-state index contributed by atoms with van der Waals surface area (Å²) in [4.78, 5) is 12.4. The van der Waals surface area contributed by atoms with E-state index >= 15 is 0 Å².